The Labute approximate surface area is 137 Å². The number of hydrogen-bond acceptors (Lipinski definition) is 3. The van der Waals surface area contributed by atoms with Crippen LogP contribution in [0.5, 0.6) is 0 Å². The molecule has 23 heavy (non-hydrogen) atoms. The highest BCUT2D eigenvalue weighted by atomic mass is 16.5. The molecule has 3 rings (SSSR count). The summed E-state index contributed by atoms with van der Waals surface area (Å²) in [4.78, 5) is 6.81. The number of likely N-dealkylation sites (N-methyl/N-ethyl adjacent to an activating group) is 1. The van der Waals surface area contributed by atoms with E-state index in [4.69, 9.17) is 9.73 Å². The van der Waals surface area contributed by atoms with Gasteiger partial charge in [-0.2, -0.15) is 4.99 Å². The van der Waals surface area contributed by atoms with Crippen LogP contribution >= 0.6 is 0 Å². The summed E-state index contributed by atoms with van der Waals surface area (Å²) in [5.74, 6) is 1.60. The molecular formula is C20H22N2O. The Kier molecular flexibility index (Phi) is 3.95. The maximum Gasteiger partial charge on any atom is 0.224 e. The predicted octanol–water partition coefficient (Wildman–Crippen LogP) is 4.17. The Morgan fingerprint density at radius 2 is 1.35 bits per heavy atom. The molecule has 1 aliphatic heterocycles. The molecule has 0 amide bonds. The zero-order valence-corrected chi connectivity index (χ0v) is 14.1. The van der Waals surface area contributed by atoms with Crippen molar-refractivity contribution in [1.82, 2.24) is 4.90 Å². The Bertz CT molecular complexity index is 702. The summed E-state index contributed by atoms with van der Waals surface area (Å²) in [5.41, 5.74) is 2.80. The lowest BCUT2D eigenvalue weighted by molar-refractivity contribution is 0.108. The summed E-state index contributed by atoms with van der Waals surface area (Å²) >= 11 is 0. The van der Waals surface area contributed by atoms with E-state index in [0.717, 1.165) is 22.5 Å². The van der Waals surface area contributed by atoms with Gasteiger partial charge in [-0.3, -0.25) is 0 Å². The molecular weight excluding hydrogens is 284 g/mol. The third kappa shape index (κ3) is 3.00. The molecule has 0 saturated heterocycles. The van der Waals surface area contributed by atoms with Crippen LogP contribution in [0.25, 0.3) is 5.57 Å². The van der Waals surface area contributed by atoms with E-state index in [1.165, 1.54) is 0 Å². The zero-order chi connectivity index (χ0) is 16.4. The van der Waals surface area contributed by atoms with Gasteiger partial charge < -0.3 is 9.64 Å². The van der Waals surface area contributed by atoms with Crippen molar-refractivity contribution in [3.63, 3.8) is 0 Å². The number of benzene rings is 2. The third-order valence-corrected chi connectivity index (χ3v) is 3.86. The molecule has 2 aromatic carbocycles. The topological polar surface area (TPSA) is 24.8 Å². The van der Waals surface area contributed by atoms with Crippen LogP contribution in [0.15, 0.2) is 71.5 Å². The lowest BCUT2D eigenvalue weighted by Crippen LogP contribution is -2.39. The van der Waals surface area contributed by atoms with Crippen LogP contribution in [-0.2, 0) is 4.74 Å². The van der Waals surface area contributed by atoms with E-state index in [2.05, 4.69) is 24.3 Å². The Hall–Kier alpha value is -2.55. The smallest absolute Gasteiger partial charge is 0.224 e. The maximum atomic E-state index is 6.23. The molecule has 0 aliphatic carbocycles. The second-order valence-corrected chi connectivity index (χ2v) is 6.35. The molecule has 0 N–H and O–H groups in total. The summed E-state index contributed by atoms with van der Waals surface area (Å²) in [5, 5.41) is 0. The van der Waals surface area contributed by atoms with Crippen molar-refractivity contribution < 1.29 is 4.74 Å². The van der Waals surface area contributed by atoms with Gasteiger partial charge in [-0.15, -0.1) is 0 Å². The van der Waals surface area contributed by atoms with Gasteiger partial charge >= 0.3 is 0 Å². The number of nitrogens with zero attached hydrogens (tertiary/aromatic N) is 2. The van der Waals surface area contributed by atoms with Crippen molar-refractivity contribution in [3.05, 3.63) is 77.7 Å². The SMILES string of the molecule is CN(C)C1=NC(=C(c2ccccc2)c2ccccc2)OC1(C)C. The minimum Gasteiger partial charge on any atom is -0.463 e. The lowest BCUT2D eigenvalue weighted by atomic mass is 9.98. The van der Waals surface area contributed by atoms with Gasteiger partial charge in [0.1, 0.15) is 0 Å². The first-order valence-electron chi connectivity index (χ1n) is 7.79. The van der Waals surface area contributed by atoms with E-state index < -0.39 is 5.60 Å². The first-order chi connectivity index (χ1) is 11.0. The molecule has 0 atom stereocenters. The predicted molar refractivity (Wildman–Crippen MR) is 95.2 cm³/mol. The van der Waals surface area contributed by atoms with Crippen LogP contribution in [0.1, 0.15) is 25.0 Å². The van der Waals surface area contributed by atoms with E-state index >= 15 is 0 Å². The van der Waals surface area contributed by atoms with Crippen molar-refractivity contribution >= 4 is 11.4 Å². The number of amidine groups is 1. The van der Waals surface area contributed by atoms with Crippen LogP contribution in [0.3, 0.4) is 0 Å². The average molecular weight is 306 g/mol. The molecule has 0 fully saturated rings. The number of ether oxygens (including phenoxy) is 1. The van der Waals surface area contributed by atoms with Gasteiger partial charge in [0.05, 0.1) is 5.57 Å². The second kappa shape index (κ2) is 5.92. The minimum atomic E-state index is -0.437. The molecule has 0 spiro atoms. The van der Waals surface area contributed by atoms with Gasteiger partial charge in [-0.25, -0.2) is 0 Å². The number of aliphatic imine (C=N–C) groups is 1. The van der Waals surface area contributed by atoms with Crippen molar-refractivity contribution in [2.75, 3.05) is 14.1 Å². The third-order valence-electron chi connectivity index (χ3n) is 3.86. The summed E-state index contributed by atoms with van der Waals surface area (Å²) in [6.45, 7) is 4.10. The maximum absolute atomic E-state index is 6.23. The van der Waals surface area contributed by atoms with E-state index in [9.17, 15) is 0 Å². The molecule has 0 saturated carbocycles. The summed E-state index contributed by atoms with van der Waals surface area (Å²) < 4.78 is 6.23. The van der Waals surface area contributed by atoms with E-state index in [-0.39, 0.29) is 0 Å². The number of hydrogen-bond donors (Lipinski definition) is 0. The molecule has 0 unspecified atom stereocenters. The average Bonchev–Trinajstić information content (AvgIpc) is 2.85. The molecule has 1 heterocycles. The van der Waals surface area contributed by atoms with Gasteiger partial charge in [0.15, 0.2) is 11.4 Å². The standard InChI is InChI=1S/C20H22N2O/c1-20(2)19(22(3)4)21-18(23-20)17(15-11-7-5-8-12-15)16-13-9-6-10-14-16/h5-14H,1-4H3. The van der Waals surface area contributed by atoms with E-state index in [0.29, 0.717) is 5.88 Å². The summed E-state index contributed by atoms with van der Waals surface area (Å²) in [7, 11) is 4.00. The van der Waals surface area contributed by atoms with Gasteiger partial charge in [0.2, 0.25) is 5.88 Å². The van der Waals surface area contributed by atoms with Crippen molar-refractivity contribution in [1.29, 1.82) is 0 Å². The largest absolute Gasteiger partial charge is 0.463 e. The highest BCUT2D eigenvalue weighted by Gasteiger charge is 2.37. The highest BCUT2D eigenvalue weighted by molar-refractivity contribution is 5.94. The van der Waals surface area contributed by atoms with E-state index in [1.54, 1.807) is 0 Å². The van der Waals surface area contributed by atoms with Crippen molar-refractivity contribution in [2.24, 2.45) is 4.99 Å². The fraction of sp³-hybridized carbons (Fsp3) is 0.250. The van der Waals surface area contributed by atoms with Crippen LogP contribution in [0.2, 0.25) is 0 Å². The van der Waals surface area contributed by atoms with E-state index in [1.807, 2.05) is 69.2 Å². The lowest BCUT2D eigenvalue weighted by Gasteiger charge is -2.25. The first kappa shape index (κ1) is 15.3. The highest BCUT2D eigenvalue weighted by Crippen LogP contribution is 2.35. The molecule has 0 bridgehead atoms. The van der Waals surface area contributed by atoms with Crippen LogP contribution in [0.4, 0.5) is 0 Å². The monoisotopic (exact) mass is 306 g/mol. The Morgan fingerprint density at radius 3 is 1.74 bits per heavy atom. The second-order valence-electron chi connectivity index (χ2n) is 6.35. The van der Waals surface area contributed by atoms with Gasteiger partial charge in [0.25, 0.3) is 0 Å². The fourth-order valence-electron chi connectivity index (χ4n) is 2.91. The molecule has 3 nitrogen and oxygen atoms in total. The molecule has 0 radical (unpaired) electrons. The van der Waals surface area contributed by atoms with Gasteiger partial charge in [-0.05, 0) is 25.0 Å². The van der Waals surface area contributed by atoms with Crippen molar-refractivity contribution in [3.8, 4) is 0 Å². The van der Waals surface area contributed by atoms with Gasteiger partial charge in [0, 0.05) is 14.1 Å². The molecule has 2 aromatic rings. The van der Waals surface area contributed by atoms with Crippen LogP contribution in [0, 0.1) is 0 Å². The summed E-state index contributed by atoms with van der Waals surface area (Å²) in [6, 6.07) is 20.6. The minimum absolute atomic E-state index is 0.437. The van der Waals surface area contributed by atoms with Crippen molar-refractivity contribution in [2.45, 2.75) is 19.4 Å². The van der Waals surface area contributed by atoms with Gasteiger partial charge in [-0.1, -0.05) is 60.7 Å². The first-order valence-corrected chi connectivity index (χ1v) is 7.79. The molecule has 118 valence electrons. The molecule has 3 heteroatoms. The Balaban J connectivity index is 2.21. The molecule has 0 aromatic heterocycles. The normalized spacial score (nSPS) is 15.8. The summed E-state index contributed by atoms with van der Waals surface area (Å²) in [6.07, 6.45) is 0. The van der Waals surface area contributed by atoms with Crippen LogP contribution in [-0.4, -0.2) is 30.4 Å². The van der Waals surface area contributed by atoms with Crippen LogP contribution < -0.4 is 0 Å². The molecule has 1 aliphatic rings. The quantitative estimate of drug-likeness (QED) is 0.832. The number of rotatable bonds is 2. The Morgan fingerprint density at radius 1 is 0.870 bits per heavy atom. The fourth-order valence-corrected chi connectivity index (χ4v) is 2.91. The zero-order valence-electron chi connectivity index (χ0n) is 14.1.